The summed E-state index contributed by atoms with van der Waals surface area (Å²) in [4.78, 5) is 2.33. The van der Waals surface area contributed by atoms with Gasteiger partial charge in [-0.05, 0) is 62.8 Å². The highest BCUT2D eigenvalue weighted by molar-refractivity contribution is 5.44. The highest BCUT2D eigenvalue weighted by atomic mass is 16.5. The average Bonchev–Trinajstić information content (AvgIpc) is 2.52. The number of nitrogens with zero attached hydrogens (tertiary/aromatic N) is 1. The van der Waals surface area contributed by atoms with Gasteiger partial charge in [0.2, 0.25) is 0 Å². The summed E-state index contributed by atoms with van der Waals surface area (Å²) in [6.45, 7) is 10.1. The van der Waals surface area contributed by atoms with E-state index in [-0.39, 0.29) is 0 Å². The van der Waals surface area contributed by atoms with Gasteiger partial charge in [0.25, 0.3) is 0 Å². The third-order valence-electron chi connectivity index (χ3n) is 4.77. The fourth-order valence-electron chi connectivity index (χ4n) is 3.37. The first-order valence-corrected chi connectivity index (χ1v) is 8.60. The van der Waals surface area contributed by atoms with Crippen LogP contribution in [-0.4, -0.2) is 56.1 Å². The summed E-state index contributed by atoms with van der Waals surface area (Å²) in [5.41, 5.74) is 3.51. The lowest BCUT2D eigenvalue weighted by Gasteiger charge is -2.33. The Bertz CT molecular complexity index is 502. The van der Waals surface area contributed by atoms with Crippen LogP contribution in [0.15, 0.2) is 12.1 Å². The molecule has 0 saturated carbocycles. The molecular formula is C19H31NO3. The van der Waals surface area contributed by atoms with Gasteiger partial charge >= 0.3 is 0 Å². The number of hydrogen-bond acceptors (Lipinski definition) is 4. The number of piperidine rings is 1. The summed E-state index contributed by atoms with van der Waals surface area (Å²) in [6, 6.07) is 4.18. The molecule has 1 aliphatic rings. The molecule has 0 aliphatic carbocycles. The summed E-state index contributed by atoms with van der Waals surface area (Å²) < 4.78 is 11.2. The summed E-state index contributed by atoms with van der Waals surface area (Å²) in [5, 5.41) is 10.3. The molecule has 2 unspecified atom stereocenters. The standard InChI is InChI=1S/C19H31NO3/c1-14-7-8-15(2)19(16(14)3)23-13-18(21)11-20-9-5-6-17(10-20)12-22-4/h7-8,17-18,21H,5-6,9-13H2,1-4H3. The normalized spacial score (nSPS) is 20.5. The van der Waals surface area contributed by atoms with E-state index in [1.807, 2.05) is 6.92 Å². The number of hydrogen-bond donors (Lipinski definition) is 1. The SMILES string of the molecule is COCC1CCCN(CC(O)COc2c(C)ccc(C)c2C)C1. The third-order valence-corrected chi connectivity index (χ3v) is 4.77. The Morgan fingerprint density at radius 2 is 2.00 bits per heavy atom. The van der Waals surface area contributed by atoms with Gasteiger partial charge in [0.1, 0.15) is 18.5 Å². The molecule has 0 amide bonds. The number of aryl methyl sites for hydroxylation is 2. The van der Waals surface area contributed by atoms with Crippen molar-refractivity contribution in [3.8, 4) is 5.75 Å². The number of ether oxygens (including phenoxy) is 2. The van der Waals surface area contributed by atoms with Crippen LogP contribution >= 0.6 is 0 Å². The second-order valence-electron chi connectivity index (χ2n) is 6.84. The van der Waals surface area contributed by atoms with Crippen molar-refractivity contribution in [2.24, 2.45) is 5.92 Å². The molecule has 1 aromatic rings. The number of methoxy groups -OCH3 is 1. The second kappa shape index (κ2) is 8.67. The molecule has 1 saturated heterocycles. The van der Waals surface area contributed by atoms with Gasteiger partial charge in [-0.1, -0.05) is 12.1 Å². The molecule has 4 nitrogen and oxygen atoms in total. The minimum atomic E-state index is -0.462. The molecule has 130 valence electrons. The molecule has 1 N–H and O–H groups in total. The molecule has 2 rings (SSSR count). The highest BCUT2D eigenvalue weighted by Gasteiger charge is 2.22. The van der Waals surface area contributed by atoms with Crippen LogP contribution in [0.3, 0.4) is 0 Å². The molecule has 2 atom stereocenters. The maximum atomic E-state index is 10.3. The predicted molar refractivity (Wildman–Crippen MR) is 93.2 cm³/mol. The number of aliphatic hydroxyl groups excluding tert-OH is 1. The molecule has 0 spiro atoms. The molecule has 0 aromatic heterocycles. The van der Waals surface area contributed by atoms with E-state index in [0.29, 0.717) is 19.1 Å². The number of benzene rings is 1. The maximum absolute atomic E-state index is 10.3. The van der Waals surface area contributed by atoms with Crippen LogP contribution in [0.25, 0.3) is 0 Å². The van der Waals surface area contributed by atoms with E-state index in [1.54, 1.807) is 7.11 Å². The monoisotopic (exact) mass is 321 g/mol. The van der Waals surface area contributed by atoms with Crippen LogP contribution in [0.2, 0.25) is 0 Å². The molecule has 23 heavy (non-hydrogen) atoms. The van der Waals surface area contributed by atoms with Crippen LogP contribution in [0.5, 0.6) is 5.75 Å². The summed E-state index contributed by atoms with van der Waals surface area (Å²) >= 11 is 0. The van der Waals surface area contributed by atoms with Crippen LogP contribution < -0.4 is 4.74 Å². The van der Waals surface area contributed by atoms with Gasteiger partial charge < -0.3 is 19.5 Å². The Morgan fingerprint density at radius 3 is 2.74 bits per heavy atom. The molecular weight excluding hydrogens is 290 g/mol. The summed E-state index contributed by atoms with van der Waals surface area (Å²) in [6.07, 6.45) is 1.94. The van der Waals surface area contributed by atoms with E-state index in [9.17, 15) is 5.11 Å². The molecule has 1 heterocycles. The Hall–Kier alpha value is -1.10. The molecule has 1 aromatic carbocycles. The molecule has 1 aliphatic heterocycles. The Balaban J connectivity index is 1.83. The Labute approximate surface area is 140 Å². The zero-order valence-corrected chi connectivity index (χ0v) is 15.0. The number of β-amino-alcohol motifs (C(OH)–C–C–N with tert-alkyl or cyclic N) is 1. The Kier molecular flexibility index (Phi) is 6.88. The third kappa shape index (κ3) is 5.20. The van der Waals surface area contributed by atoms with Gasteiger partial charge in [0.15, 0.2) is 0 Å². The van der Waals surface area contributed by atoms with Gasteiger partial charge in [0.05, 0.1) is 6.61 Å². The van der Waals surface area contributed by atoms with Crippen molar-refractivity contribution in [1.29, 1.82) is 0 Å². The van der Waals surface area contributed by atoms with Gasteiger partial charge in [-0.15, -0.1) is 0 Å². The van der Waals surface area contributed by atoms with E-state index < -0.39 is 6.10 Å². The van der Waals surface area contributed by atoms with Gasteiger partial charge in [-0.25, -0.2) is 0 Å². The van der Waals surface area contributed by atoms with E-state index in [0.717, 1.165) is 36.6 Å². The Morgan fingerprint density at radius 1 is 1.26 bits per heavy atom. The van der Waals surface area contributed by atoms with Crippen LogP contribution in [0.1, 0.15) is 29.5 Å². The van der Waals surface area contributed by atoms with Crippen molar-refractivity contribution in [2.75, 3.05) is 40.0 Å². The average molecular weight is 321 g/mol. The molecule has 0 bridgehead atoms. The number of likely N-dealkylation sites (tertiary alicyclic amines) is 1. The fraction of sp³-hybridized carbons (Fsp3) is 0.684. The van der Waals surface area contributed by atoms with Crippen LogP contribution in [0.4, 0.5) is 0 Å². The van der Waals surface area contributed by atoms with Crippen molar-refractivity contribution >= 4 is 0 Å². The first-order valence-electron chi connectivity index (χ1n) is 8.60. The van der Waals surface area contributed by atoms with Gasteiger partial charge in [0, 0.05) is 20.2 Å². The lowest BCUT2D eigenvalue weighted by molar-refractivity contribution is 0.0368. The topological polar surface area (TPSA) is 41.9 Å². The quantitative estimate of drug-likeness (QED) is 0.838. The van der Waals surface area contributed by atoms with E-state index in [4.69, 9.17) is 9.47 Å². The van der Waals surface area contributed by atoms with Crippen molar-refractivity contribution in [3.05, 3.63) is 28.8 Å². The lowest BCUT2D eigenvalue weighted by Crippen LogP contribution is -2.42. The van der Waals surface area contributed by atoms with E-state index in [2.05, 4.69) is 30.9 Å². The summed E-state index contributed by atoms with van der Waals surface area (Å²) in [7, 11) is 1.76. The molecule has 4 heteroatoms. The molecule has 1 fully saturated rings. The highest BCUT2D eigenvalue weighted by Crippen LogP contribution is 2.26. The van der Waals surface area contributed by atoms with Crippen molar-refractivity contribution in [3.63, 3.8) is 0 Å². The van der Waals surface area contributed by atoms with Crippen molar-refractivity contribution in [2.45, 2.75) is 39.7 Å². The zero-order chi connectivity index (χ0) is 16.8. The smallest absolute Gasteiger partial charge is 0.125 e. The minimum absolute atomic E-state index is 0.344. The van der Waals surface area contributed by atoms with Crippen molar-refractivity contribution < 1.29 is 14.6 Å². The first kappa shape index (κ1) is 18.2. The minimum Gasteiger partial charge on any atom is -0.490 e. The number of aliphatic hydroxyl groups is 1. The van der Waals surface area contributed by atoms with Gasteiger partial charge in [-0.3, -0.25) is 0 Å². The summed E-state index contributed by atoms with van der Waals surface area (Å²) in [5.74, 6) is 1.50. The molecule has 0 radical (unpaired) electrons. The van der Waals surface area contributed by atoms with E-state index >= 15 is 0 Å². The van der Waals surface area contributed by atoms with Crippen LogP contribution in [-0.2, 0) is 4.74 Å². The number of rotatable bonds is 7. The second-order valence-corrected chi connectivity index (χ2v) is 6.84. The first-order chi connectivity index (χ1) is 11.0. The fourth-order valence-corrected chi connectivity index (χ4v) is 3.37. The predicted octanol–water partition coefficient (Wildman–Crippen LogP) is 2.71. The maximum Gasteiger partial charge on any atom is 0.125 e. The lowest BCUT2D eigenvalue weighted by atomic mass is 9.99. The van der Waals surface area contributed by atoms with Crippen LogP contribution in [0, 0.1) is 26.7 Å². The zero-order valence-electron chi connectivity index (χ0n) is 15.0. The van der Waals surface area contributed by atoms with Crippen molar-refractivity contribution in [1.82, 2.24) is 4.90 Å². The van der Waals surface area contributed by atoms with E-state index in [1.165, 1.54) is 18.4 Å². The largest absolute Gasteiger partial charge is 0.490 e. The van der Waals surface area contributed by atoms with Gasteiger partial charge in [-0.2, -0.15) is 0 Å².